The van der Waals surface area contributed by atoms with Crippen LogP contribution in [0.15, 0.2) is 178 Å². The minimum Gasteiger partial charge on any atom is -0.265 e. The molecule has 0 spiro atoms. The van der Waals surface area contributed by atoms with Crippen molar-refractivity contribution in [1.82, 2.24) is 55.1 Å². The summed E-state index contributed by atoms with van der Waals surface area (Å²) in [7, 11) is 0. The summed E-state index contributed by atoms with van der Waals surface area (Å²) < 4.78 is 0. The molecule has 0 atom stereocenters. The highest BCUT2D eigenvalue weighted by Crippen LogP contribution is 2.14. The molecule has 0 aliphatic heterocycles. The molecule has 11 nitrogen and oxygen atoms in total. The Balaban J connectivity index is 0.000000810. The molecule has 8 rings (SSSR count). The van der Waals surface area contributed by atoms with Crippen LogP contribution in [0.2, 0.25) is 0 Å². The lowest BCUT2D eigenvalue weighted by atomic mass is 10.0. The largest absolute Gasteiger partial charge is 0.265 e. The zero-order chi connectivity index (χ0) is 53.5. The highest BCUT2D eigenvalue weighted by atomic mass is 15.1. The lowest BCUT2D eigenvalue weighted by Crippen LogP contribution is -1.92. The van der Waals surface area contributed by atoms with Gasteiger partial charge in [-0.3, -0.25) is 24.9 Å². The summed E-state index contributed by atoms with van der Waals surface area (Å²) in [4.78, 5) is 35.8. The minimum absolute atomic E-state index is 0. The molecule has 11 heteroatoms. The number of hydrogen-bond acceptors (Lipinski definition) is 11. The van der Waals surface area contributed by atoms with Gasteiger partial charge in [0.05, 0.1) is 11.4 Å². The van der Waals surface area contributed by atoms with E-state index in [0.717, 1.165) is 22.8 Å². The second-order valence-electron chi connectivity index (χ2n) is 19.1. The fourth-order valence-corrected chi connectivity index (χ4v) is 5.50. The highest BCUT2D eigenvalue weighted by molar-refractivity contribution is 5.18. The standard InChI is InChI=1S/C9H12.3C8H11N.4C7H10N2.CH4/c1-8(2)9-6-4-3-5-7-9;1-7(2)8-3-5-9-6-4-8;1-7(2)8-4-3-5-9-6-8;1-7(2)8-5-3-4-6-9-8;1-6(2)7-3-8-5-9-4-7;1-6(2)7-5-8-3-4-9-7;1-6(2)7-3-4-8-5-9-7;1-6(2)7-4-3-5-8-9-7;/h3-8H,1-2H3;3*3-7H,1-2H3;4*3-6H,1-2H3;1H4. The van der Waals surface area contributed by atoms with E-state index in [0.29, 0.717) is 47.3 Å². The average Bonchev–Trinajstić information content (AvgIpc) is 3.42. The van der Waals surface area contributed by atoms with E-state index in [9.17, 15) is 0 Å². The lowest BCUT2D eigenvalue weighted by Gasteiger charge is -2.01. The Hall–Kier alpha value is -7.01. The molecule has 0 saturated carbocycles. The van der Waals surface area contributed by atoms with E-state index in [2.05, 4.69) is 196 Å². The van der Waals surface area contributed by atoms with Gasteiger partial charge < -0.3 is 0 Å². The Morgan fingerprint density at radius 2 is 0.726 bits per heavy atom. The molecule has 0 N–H and O–H groups in total. The highest BCUT2D eigenvalue weighted by Gasteiger charge is 2.00. The summed E-state index contributed by atoms with van der Waals surface area (Å²) in [5.74, 6) is 4.43. The van der Waals surface area contributed by atoms with Gasteiger partial charge >= 0.3 is 0 Å². The van der Waals surface area contributed by atoms with Gasteiger partial charge in [0.2, 0.25) is 0 Å². The first-order valence-corrected chi connectivity index (χ1v) is 25.2. The molecular weight excluding hydrogens is 899 g/mol. The summed E-state index contributed by atoms with van der Waals surface area (Å²) in [5.41, 5.74) is 9.63. The zero-order valence-corrected chi connectivity index (χ0v) is 46.3. The average molecular weight is 988 g/mol. The van der Waals surface area contributed by atoms with Crippen molar-refractivity contribution in [3.63, 3.8) is 0 Å². The molecule has 7 heterocycles. The van der Waals surface area contributed by atoms with E-state index in [1.165, 1.54) is 22.3 Å². The van der Waals surface area contributed by atoms with E-state index < -0.39 is 0 Å². The first kappa shape index (κ1) is 66.0. The maximum atomic E-state index is 4.18. The van der Waals surface area contributed by atoms with Crippen molar-refractivity contribution in [2.24, 2.45) is 0 Å². The summed E-state index contributed by atoms with van der Waals surface area (Å²) >= 11 is 0. The molecule has 0 unspecified atom stereocenters. The fraction of sp³-hybridized carbons (Fsp3) is 0.403. The molecule has 7 aromatic heterocycles. The quantitative estimate of drug-likeness (QED) is 0.144. The van der Waals surface area contributed by atoms with Crippen LogP contribution >= 0.6 is 0 Å². The van der Waals surface area contributed by atoms with Crippen molar-refractivity contribution in [2.75, 3.05) is 0 Å². The van der Waals surface area contributed by atoms with E-state index in [1.54, 1.807) is 49.8 Å². The maximum absolute atomic E-state index is 4.18. The summed E-state index contributed by atoms with van der Waals surface area (Å²) in [6, 6.07) is 30.5. The molecule has 73 heavy (non-hydrogen) atoms. The smallest absolute Gasteiger partial charge is 0.115 e. The van der Waals surface area contributed by atoms with Crippen LogP contribution in [0, 0.1) is 0 Å². The second-order valence-corrected chi connectivity index (χ2v) is 19.1. The molecule has 1 aromatic carbocycles. The fourth-order valence-electron chi connectivity index (χ4n) is 5.50. The van der Waals surface area contributed by atoms with Gasteiger partial charge in [-0.25, -0.2) is 19.9 Å². The zero-order valence-electron chi connectivity index (χ0n) is 46.3. The van der Waals surface area contributed by atoms with Crippen LogP contribution in [-0.4, -0.2) is 55.1 Å². The molecule has 0 amide bonds. The lowest BCUT2D eigenvalue weighted by molar-refractivity contribution is 0.785. The Bertz CT molecular complexity index is 1870. The van der Waals surface area contributed by atoms with Gasteiger partial charge in [0, 0.05) is 85.7 Å². The van der Waals surface area contributed by atoms with E-state index in [-0.39, 0.29) is 7.43 Å². The summed E-state index contributed by atoms with van der Waals surface area (Å²) in [5, 5.41) is 7.68. The van der Waals surface area contributed by atoms with Crippen LogP contribution in [0.4, 0.5) is 0 Å². The van der Waals surface area contributed by atoms with Crippen molar-refractivity contribution in [1.29, 1.82) is 0 Å². The van der Waals surface area contributed by atoms with Crippen LogP contribution in [0.1, 0.15) is 211 Å². The van der Waals surface area contributed by atoms with Gasteiger partial charge in [0.25, 0.3) is 0 Å². The third kappa shape index (κ3) is 32.6. The maximum Gasteiger partial charge on any atom is 0.115 e. The van der Waals surface area contributed by atoms with Gasteiger partial charge in [-0.2, -0.15) is 10.2 Å². The number of hydrogen-bond donors (Lipinski definition) is 0. The number of pyridine rings is 3. The van der Waals surface area contributed by atoms with Crippen molar-refractivity contribution in [3.05, 3.63) is 223 Å². The third-order valence-corrected chi connectivity index (χ3v) is 10.3. The topological polar surface area (TPSA) is 142 Å². The number of aromatic nitrogens is 11. The van der Waals surface area contributed by atoms with Crippen LogP contribution in [0.3, 0.4) is 0 Å². The van der Waals surface area contributed by atoms with Crippen LogP contribution in [0.25, 0.3) is 0 Å². The van der Waals surface area contributed by atoms with Crippen molar-refractivity contribution in [2.45, 2.75) is 166 Å². The summed E-state index contributed by atoms with van der Waals surface area (Å²) in [6.07, 6.45) is 24.7. The van der Waals surface area contributed by atoms with E-state index in [4.69, 9.17) is 0 Å². The Morgan fingerprint density at radius 3 is 1.05 bits per heavy atom. The third-order valence-electron chi connectivity index (χ3n) is 10.3. The molecule has 0 saturated heterocycles. The van der Waals surface area contributed by atoms with Gasteiger partial charge in [0.1, 0.15) is 12.7 Å². The monoisotopic (exact) mass is 988 g/mol. The Kier molecular flexibility index (Phi) is 36.7. The van der Waals surface area contributed by atoms with Crippen LogP contribution in [0.5, 0.6) is 0 Å². The van der Waals surface area contributed by atoms with Gasteiger partial charge in [-0.1, -0.05) is 161 Å². The first-order chi connectivity index (χ1) is 34.4. The SMILES string of the molecule is C.CC(C)c1ccccc1.CC(C)c1ccccn1.CC(C)c1cccnc1.CC(C)c1cccnn1.CC(C)c1ccncc1.CC(C)c1ccncn1.CC(C)c1cnccn1.CC(C)c1cncnc1. The van der Waals surface area contributed by atoms with Gasteiger partial charge in [0.15, 0.2) is 0 Å². The number of rotatable bonds is 8. The minimum atomic E-state index is 0. The van der Waals surface area contributed by atoms with Crippen molar-refractivity contribution < 1.29 is 0 Å². The molecule has 0 bridgehead atoms. The second kappa shape index (κ2) is 40.6. The molecule has 0 radical (unpaired) electrons. The van der Waals surface area contributed by atoms with Gasteiger partial charge in [-0.05, 0) is 118 Å². The Morgan fingerprint density at radius 1 is 0.260 bits per heavy atom. The van der Waals surface area contributed by atoms with Gasteiger partial charge in [-0.15, -0.1) is 0 Å². The van der Waals surface area contributed by atoms with Crippen molar-refractivity contribution >= 4 is 0 Å². The predicted molar refractivity (Wildman–Crippen MR) is 307 cm³/mol. The van der Waals surface area contributed by atoms with Crippen LogP contribution < -0.4 is 0 Å². The molecular formula is C62H89N11. The Labute approximate surface area is 441 Å². The van der Waals surface area contributed by atoms with Crippen LogP contribution in [-0.2, 0) is 0 Å². The number of benzene rings is 1. The first-order valence-electron chi connectivity index (χ1n) is 25.2. The molecule has 0 fully saturated rings. The van der Waals surface area contributed by atoms with Crippen molar-refractivity contribution in [3.8, 4) is 0 Å². The predicted octanol–water partition coefficient (Wildman–Crippen LogP) is 16.5. The normalized spacial score (nSPS) is 9.97. The molecule has 392 valence electrons. The molecule has 0 aliphatic carbocycles. The summed E-state index contributed by atoms with van der Waals surface area (Å²) in [6.45, 7) is 34.2. The van der Waals surface area contributed by atoms with E-state index in [1.807, 2.05) is 97.8 Å². The molecule has 8 aromatic rings. The number of nitrogens with zero attached hydrogens (tertiary/aromatic N) is 11. The molecule has 0 aliphatic rings. The van der Waals surface area contributed by atoms with E-state index >= 15 is 0 Å².